The molecule has 0 radical (unpaired) electrons. The van der Waals surface area contributed by atoms with E-state index < -0.39 is 0 Å². The van der Waals surface area contributed by atoms with Crippen LogP contribution in [0.4, 0.5) is 0 Å². The Hall–Kier alpha value is -3.00. The molecule has 3 heterocycles. The van der Waals surface area contributed by atoms with Gasteiger partial charge < -0.3 is 5.11 Å². The lowest BCUT2D eigenvalue weighted by molar-refractivity contribution is -0.115. The minimum absolute atomic E-state index is 0.0944. The number of amides is 1. The van der Waals surface area contributed by atoms with Gasteiger partial charge in [0.15, 0.2) is 0 Å². The number of fused-ring (bicyclic) bond motifs is 3. The molecule has 0 saturated carbocycles. The Morgan fingerprint density at radius 2 is 2.21 bits per heavy atom. The van der Waals surface area contributed by atoms with E-state index in [2.05, 4.69) is 20.6 Å². The maximum absolute atomic E-state index is 12.4. The summed E-state index contributed by atoms with van der Waals surface area (Å²) in [6.07, 6.45) is 3.96. The lowest BCUT2D eigenvalue weighted by Crippen LogP contribution is -2.17. The molecule has 1 amide bonds. The lowest BCUT2D eigenvalue weighted by Gasteiger charge is -2.03. The number of imidazole rings is 1. The van der Waals surface area contributed by atoms with E-state index in [0.717, 1.165) is 11.4 Å². The molecule has 1 aliphatic rings. The summed E-state index contributed by atoms with van der Waals surface area (Å²) in [6, 6.07) is 6.81. The fraction of sp³-hybridized carbons (Fsp3) is 0.125. The molecular formula is C16H13N5O2S. The standard InChI is InChI=1S/C16H13N5O2S/c1-2-13-20-21-11-8-17-19-15(23)10(14(11)18-16(21)24-13)7-9-5-3-4-6-12(9)22/h3-8,22H,2H2,1H3,(H,19,23)/b10-7-. The number of rotatable bonds is 2. The van der Waals surface area contributed by atoms with E-state index >= 15 is 0 Å². The Balaban J connectivity index is 1.93. The fourth-order valence-corrected chi connectivity index (χ4v) is 3.32. The third-order valence-electron chi connectivity index (χ3n) is 3.67. The van der Waals surface area contributed by atoms with Gasteiger partial charge in [0.1, 0.15) is 22.1 Å². The van der Waals surface area contributed by atoms with Crippen LogP contribution in [0, 0.1) is 0 Å². The molecule has 24 heavy (non-hydrogen) atoms. The maximum Gasteiger partial charge on any atom is 0.273 e. The van der Waals surface area contributed by atoms with Crippen molar-refractivity contribution in [1.82, 2.24) is 20.0 Å². The Kier molecular flexibility index (Phi) is 3.39. The molecule has 1 aromatic carbocycles. The van der Waals surface area contributed by atoms with E-state index in [4.69, 9.17) is 0 Å². The van der Waals surface area contributed by atoms with Crippen LogP contribution in [-0.2, 0) is 11.2 Å². The van der Waals surface area contributed by atoms with Crippen molar-refractivity contribution in [2.75, 3.05) is 0 Å². The summed E-state index contributed by atoms with van der Waals surface area (Å²) < 4.78 is 1.70. The Morgan fingerprint density at radius 1 is 1.38 bits per heavy atom. The number of aryl methyl sites for hydroxylation is 1. The molecule has 0 bridgehead atoms. The second-order valence-corrected chi connectivity index (χ2v) is 6.25. The number of nitrogens with one attached hydrogen (secondary N) is 1. The molecule has 3 aromatic rings. The number of hydrogen-bond donors (Lipinski definition) is 2. The van der Waals surface area contributed by atoms with Crippen molar-refractivity contribution in [2.45, 2.75) is 13.3 Å². The molecular weight excluding hydrogens is 326 g/mol. The van der Waals surface area contributed by atoms with Gasteiger partial charge in [-0.05, 0) is 18.6 Å². The van der Waals surface area contributed by atoms with Crippen LogP contribution in [0.2, 0.25) is 0 Å². The van der Waals surface area contributed by atoms with Crippen LogP contribution < -0.4 is 5.43 Å². The lowest BCUT2D eigenvalue weighted by atomic mass is 10.1. The highest BCUT2D eigenvalue weighted by Gasteiger charge is 2.25. The number of hydrazone groups is 1. The van der Waals surface area contributed by atoms with Gasteiger partial charge >= 0.3 is 0 Å². The third-order valence-corrected chi connectivity index (χ3v) is 4.72. The number of carbonyl (C=O) groups is 1. The topological polar surface area (TPSA) is 91.9 Å². The first-order chi connectivity index (χ1) is 11.7. The zero-order chi connectivity index (χ0) is 16.7. The first-order valence-electron chi connectivity index (χ1n) is 7.39. The molecule has 0 atom stereocenters. The van der Waals surface area contributed by atoms with E-state index in [-0.39, 0.29) is 11.7 Å². The van der Waals surface area contributed by atoms with Crippen molar-refractivity contribution in [3.63, 3.8) is 0 Å². The van der Waals surface area contributed by atoms with E-state index in [9.17, 15) is 9.90 Å². The zero-order valence-corrected chi connectivity index (χ0v) is 13.5. The second kappa shape index (κ2) is 5.57. The molecule has 7 nitrogen and oxygen atoms in total. The zero-order valence-electron chi connectivity index (χ0n) is 12.7. The molecule has 2 aromatic heterocycles. The van der Waals surface area contributed by atoms with E-state index in [1.165, 1.54) is 17.6 Å². The molecule has 0 aliphatic carbocycles. The van der Waals surface area contributed by atoms with Gasteiger partial charge in [0.05, 0.1) is 11.8 Å². The third kappa shape index (κ3) is 2.28. The summed E-state index contributed by atoms with van der Waals surface area (Å²) in [5.41, 5.74) is 4.46. The number of aromatic nitrogens is 3. The number of phenolic OH excluding ortho intramolecular Hbond substituents is 1. The van der Waals surface area contributed by atoms with Gasteiger partial charge in [-0.2, -0.15) is 10.2 Å². The monoisotopic (exact) mass is 339 g/mol. The van der Waals surface area contributed by atoms with Crippen molar-refractivity contribution in [3.05, 3.63) is 46.2 Å². The SMILES string of the molecule is CCc1nn2c3c(nc2s1)/C(=C/c1ccccc1O)C(=O)NN=C3. The van der Waals surface area contributed by atoms with Crippen molar-refractivity contribution in [2.24, 2.45) is 5.10 Å². The van der Waals surface area contributed by atoms with Gasteiger partial charge in [-0.1, -0.05) is 36.5 Å². The highest BCUT2D eigenvalue weighted by Crippen LogP contribution is 2.28. The highest BCUT2D eigenvalue weighted by atomic mass is 32.1. The predicted octanol–water partition coefficient (Wildman–Crippen LogP) is 2.06. The molecule has 0 unspecified atom stereocenters. The van der Waals surface area contributed by atoms with Crippen molar-refractivity contribution >= 4 is 40.1 Å². The number of phenols is 1. The number of aromatic hydroxyl groups is 1. The summed E-state index contributed by atoms with van der Waals surface area (Å²) in [4.78, 5) is 17.6. The average molecular weight is 339 g/mol. The highest BCUT2D eigenvalue weighted by molar-refractivity contribution is 7.16. The fourth-order valence-electron chi connectivity index (χ4n) is 2.48. The van der Waals surface area contributed by atoms with Gasteiger partial charge in [-0.3, -0.25) is 4.79 Å². The van der Waals surface area contributed by atoms with Crippen LogP contribution >= 0.6 is 11.3 Å². The van der Waals surface area contributed by atoms with Crippen molar-refractivity contribution in [1.29, 1.82) is 0 Å². The Labute approximate surface area is 141 Å². The van der Waals surface area contributed by atoms with Gasteiger partial charge in [-0.15, -0.1) is 0 Å². The van der Waals surface area contributed by atoms with E-state index in [1.54, 1.807) is 34.9 Å². The molecule has 8 heteroatoms. The summed E-state index contributed by atoms with van der Waals surface area (Å²) in [5, 5.41) is 19.4. The van der Waals surface area contributed by atoms with Crippen LogP contribution in [0.3, 0.4) is 0 Å². The number of benzene rings is 1. The molecule has 0 fully saturated rings. The number of hydrogen-bond acceptors (Lipinski definition) is 6. The van der Waals surface area contributed by atoms with Crippen LogP contribution in [0.25, 0.3) is 16.6 Å². The van der Waals surface area contributed by atoms with Crippen LogP contribution in [0.5, 0.6) is 5.75 Å². The van der Waals surface area contributed by atoms with Crippen molar-refractivity contribution < 1.29 is 9.90 Å². The number of para-hydroxylation sites is 1. The quantitative estimate of drug-likeness (QED) is 0.699. The second-order valence-electron chi connectivity index (χ2n) is 5.21. The van der Waals surface area contributed by atoms with Crippen LogP contribution in [-0.4, -0.2) is 31.8 Å². The maximum atomic E-state index is 12.4. The first-order valence-corrected chi connectivity index (χ1v) is 8.21. The summed E-state index contributed by atoms with van der Waals surface area (Å²) >= 11 is 1.48. The molecule has 2 N–H and O–H groups in total. The minimum Gasteiger partial charge on any atom is -0.507 e. The van der Waals surface area contributed by atoms with Gasteiger partial charge in [-0.25, -0.2) is 14.9 Å². The molecule has 1 aliphatic heterocycles. The number of nitrogens with zero attached hydrogens (tertiary/aromatic N) is 4. The van der Waals surface area contributed by atoms with E-state index in [0.29, 0.717) is 27.5 Å². The van der Waals surface area contributed by atoms with Crippen molar-refractivity contribution in [3.8, 4) is 5.75 Å². The number of carbonyl (C=O) groups excluding carboxylic acids is 1. The average Bonchev–Trinajstić information content (AvgIpc) is 3.08. The van der Waals surface area contributed by atoms with Gasteiger partial charge in [0.25, 0.3) is 5.91 Å². The summed E-state index contributed by atoms with van der Waals surface area (Å²) in [7, 11) is 0. The van der Waals surface area contributed by atoms with E-state index in [1.807, 2.05) is 6.92 Å². The van der Waals surface area contributed by atoms with Crippen LogP contribution in [0.15, 0.2) is 29.4 Å². The molecule has 0 spiro atoms. The van der Waals surface area contributed by atoms with Crippen LogP contribution in [0.1, 0.15) is 28.9 Å². The largest absolute Gasteiger partial charge is 0.507 e. The van der Waals surface area contributed by atoms with Gasteiger partial charge in [0, 0.05) is 5.56 Å². The summed E-state index contributed by atoms with van der Waals surface area (Å²) in [6.45, 7) is 2.03. The smallest absolute Gasteiger partial charge is 0.273 e. The minimum atomic E-state index is -0.380. The normalized spacial score (nSPS) is 15.5. The predicted molar refractivity (Wildman–Crippen MR) is 92.0 cm³/mol. The first kappa shape index (κ1) is 14.6. The summed E-state index contributed by atoms with van der Waals surface area (Å²) in [5.74, 6) is -0.286. The Morgan fingerprint density at radius 3 is 3.00 bits per heavy atom. The Bertz CT molecular complexity index is 1010. The van der Waals surface area contributed by atoms with Gasteiger partial charge in [0.2, 0.25) is 4.96 Å². The molecule has 0 saturated heterocycles. The molecule has 4 rings (SSSR count). The molecule has 120 valence electrons.